The highest BCUT2D eigenvalue weighted by Gasteiger charge is 2.25. The summed E-state index contributed by atoms with van der Waals surface area (Å²) in [4.78, 5) is 25.6. The Morgan fingerprint density at radius 1 is 1.17 bits per heavy atom. The van der Waals surface area contributed by atoms with Gasteiger partial charge in [-0.05, 0) is 56.9 Å². The molecule has 0 radical (unpaired) electrons. The van der Waals surface area contributed by atoms with E-state index in [4.69, 9.17) is 9.84 Å². The summed E-state index contributed by atoms with van der Waals surface area (Å²) >= 11 is 0. The predicted molar refractivity (Wildman–Crippen MR) is 92.6 cm³/mol. The second-order valence-electron chi connectivity index (χ2n) is 6.50. The topological polar surface area (TPSA) is 66.8 Å². The van der Waals surface area contributed by atoms with E-state index in [2.05, 4.69) is 0 Å². The van der Waals surface area contributed by atoms with Crippen LogP contribution < -0.4 is 4.74 Å². The average Bonchev–Trinajstić information content (AvgIpc) is 2.55. The van der Waals surface area contributed by atoms with E-state index in [1.807, 2.05) is 25.7 Å². The van der Waals surface area contributed by atoms with Gasteiger partial charge in [-0.2, -0.15) is 0 Å². The van der Waals surface area contributed by atoms with Crippen molar-refractivity contribution in [2.24, 2.45) is 0 Å². The van der Waals surface area contributed by atoms with Crippen LogP contribution in [-0.2, 0) is 4.79 Å². The van der Waals surface area contributed by atoms with Crippen LogP contribution in [-0.4, -0.2) is 41.1 Å². The fraction of sp³-hybridized carbons (Fsp3) is 0.579. The molecule has 1 N–H and O–H groups in total. The van der Waals surface area contributed by atoms with Crippen molar-refractivity contribution in [3.05, 3.63) is 28.8 Å². The summed E-state index contributed by atoms with van der Waals surface area (Å²) in [5.74, 6) is -0.404. The molecule has 0 unspecified atom stereocenters. The average molecular weight is 333 g/mol. The fourth-order valence-corrected chi connectivity index (χ4v) is 3.56. The van der Waals surface area contributed by atoms with Crippen LogP contribution in [0.1, 0.15) is 60.5 Å². The summed E-state index contributed by atoms with van der Waals surface area (Å²) in [6, 6.07) is 3.94. The predicted octanol–water partition coefficient (Wildman–Crippen LogP) is 3.56. The summed E-state index contributed by atoms with van der Waals surface area (Å²) in [6.45, 7) is 6.04. The molecule has 0 atom stereocenters. The number of benzene rings is 1. The number of hydrogen-bond donors (Lipinski definition) is 1. The number of hydrogen-bond acceptors (Lipinski definition) is 3. The minimum absolute atomic E-state index is 0.0559. The maximum absolute atomic E-state index is 12.9. The molecule has 0 saturated heterocycles. The molecular weight excluding hydrogens is 306 g/mol. The van der Waals surface area contributed by atoms with Gasteiger partial charge in [0, 0.05) is 18.2 Å². The summed E-state index contributed by atoms with van der Waals surface area (Å²) in [6.07, 6.45) is 5.80. The molecule has 1 aliphatic carbocycles. The third-order valence-electron chi connectivity index (χ3n) is 4.66. The molecule has 0 bridgehead atoms. The smallest absolute Gasteiger partial charge is 0.341 e. The van der Waals surface area contributed by atoms with Gasteiger partial charge in [-0.1, -0.05) is 19.3 Å². The van der Waals surface area contributed by atoms with E-state index in [-0.39, 0.29) is 12.5 Å². The van der Waals surface area contributed by atoms with Crippen molar-refractivity contribution >= 4 is 11.9 Å². The third kappa shape index (κ3) is 4.28. The number of nitrogens with zero attached hydrogens (tertiary/aromatic N) is 1. The Balaban J connectivity index is 2.20. The maximum Gasteiger partial charge on any atom is 0.341 e. The molecule has 1 aromatic carbocycles. The van der Waals surface area contributed by atoms with Crippen molar-refractivity contribution < 1.29 is 19.4 Å². The monoisotopic (exact) mass is 333 g/mol. The lowest BCUT2D eigenvalue weighted by Gasteiger charge is -2.34. The first kappa shape index (κ1) is 18.3. The van der Waals surface area contributed by atoms with E-state index in [9.17, 15) is 9.59 Å². The molecule has 1 aliphatic rings. The van der Waals surface area contributed by atoms with Gasteiger partial charge in [0.05, 0.1) is 0 Å². The zero-order chi connectivity index (χ0) is 17.7. The van der Waals surface area contributed by atoms with Gasteiger partial charge >= 0.3 is 5.97 Å². The van der Waals surface area contributed by atoms with Gasteiger partial charge in [-0.3, -0.25) is 4.79 Å². The Labute approximate surface area is 143 Å². The summed E-state index contributed by atoms with van der Waals surface area (Å²) in [5, 5.41) is 8.76. The van der Waals surface area contributed by atoms with Crippen molar-refractivity contribution in [1.29, 1.82) is 0 Å². The normalized spacial score (nSPS) is 15.1. The third-order valence-corrected chi connectivity index (χ3v) is 4.66. The van der Waals surface area contributed by atoms with Crippen molar-refractivity contribution in [1.82, 2.24) is 4.90 Å². The molecule has 0 heterocycles. The number of rotatable bonds is 6. The molecule has 24 heavy (non-hydrogen) atoms. The number of carbonyl (C=O) groups is 2. The quantitative estimate of drug-likeness (QED) is 0.864. The van der Waals surface area contributed by atoms with Crippen LogP contribution in [0.4, 0.5) is 0 Å². The van der Waals surface area contributed by atoms with Crippen molar-refractivity contribution in [3.8, 4) is 5.75 Å². The minimum atomic E-state index is -1.01. The first-order valence-corrected chi connectivity index (χ1v) is 8.70. The zero-order valence-electron chi connectivity index (χ0n) is 14.8. The number of carboxylic acids is 1. The molecule has 0 aromatic heterocycles. The molecule has 1 amide bonds. The maximum atomic E-state index is 12.9. The Hall–Kier alpha value is -2.04. The molecule has 0 spiro atoms. The van der Waals surface area contributed by atoms with E-state index < -0.39 is 5.97 Å². The van der Waals surface area contributed by atoms with Gasteiger partial charge in [0.15, 0.2) is 6.61 Å². The van der Waals surface area contributed by atoms with E-state index in [0.717, 1.165) is 24.0 Å². The first-order chi connectivity index (χ1) is 11.4. The highest BCUT2D eigenvalue weighted by molar-refractivity contribution is 5.95. The fourth-order valence-electron chi connectivity index (χ4n) is 3.56. The Kier molecular flexibility index (Phi) is 6.23. The molecule has 1 saturated carbocycles. The molecule has 5 nitrogen and oxygen atoms in total. The summed E-state index contributed by atoms with van der Waals surface area (Å²) in [7, 11) is 0. The number of aliphatic carboxylic acids is 1. The highest BCUT2D eigenvalue weighted by Crippen LogP contribution is 2.28. The van der Waals surface area contributed by atoms with Crippen molar-refractivity contribution in [2.45, 2.75) is 58.9 Å². The Morgan fingerprint density at radius 3 is 2.25 bits per heavy atom. The Bertz CT molecular complexity index is 582. The summed E-state index contributed by atoms with van der Waals surface area (Å²) < 4.78 is 5.34. The molecule has 1 fully saturated rings. The molecule has 2 rings (SSSR count). The standard InChI is InChI=1S/C19H27NO4/c1-4-20(16-8-6-5-7-9-16)19(23)15-10-13(2)18(14(3)11-15)24-12-17(21)22/h10-11,16H,4-9,12H2,1-3H3,(H,21,22). The number of amides is 1. The SMILES string of the molecule is CCN(C(=O)c1cc(C)c(OCC(=O)O)c(C)c1)C1CCCCC1. The molecule has 5 heteroatoms. The van der Waals surface area contributed by atoms with Crippen molar-refractivity contribution in [2.75, 3.05) is 13.2 Å². The largest absolute Gasteiger partial charge is 0.481 e. The van der Waals surface area contributed by atoms with Gasteiger partial charge in [0.1, 0.15) is 5.75 Å². The second kappa shape index (κ2) is 8.18. The van der Waals surface area contributed by atoms with Gasteiger partial charge in [-0.15, -0.1) is 0 Å². The van der Waals surface area contributed by atoms with Crippen LogP contribution in [0, 0.1) is 13.8 Å². The molecule has 132 valence electrons. The molecular formula is C19H27NO4. The number of carbonyl (C=O) groups excluding carboxylic acids is 1. The summed E-state index contributed by atoms with van der Waals surface area (Å²) in [5.41, 5.74) is 2.23. The lowest BCUT2D eigenvalue weighted by Crippen LogP contribution is -2.41. The second-order valence-corrected chi connectivity index (χ2v) is 6.50. The van der Waals surface area contributed by atoms with Crippen LogP contribution in [0.3, 0.4) is 0 Å². The van der Waals surface area contributed by atoms with Gasteiger partial charge in [0.25, 0.3) is 5.91 Å². The van der Waals surface area contributed by atoms with Gasteiger partial charge < -0.3 is 14.7 Å². The van der Waals surface area contributed by atoms with E-state index in [1.54, 1.807) is 12.1 Å². The van der Waals surface area contributed by atoms with E-state index in [0.29, 0.717) is 23.9 Å². The minimum Gasteiger partial charge on any atom is -0.481 e. The zero-order valence-corrected chi connectivity index (χ0v) is 14.8. The van der Waals surface area contributed by atoms with E-state index >= 15 is 0 Å². The van der Waals surface area contributed by atoms with Gasteiger partial charge in [-0.25, -0.2) is 4.79 Å². The molecule has 1 aromatic rings. The van der Waals surface area contributed by atoms with E-state index in [1.165, 1.54) is 19.3 Å². The lowest BCUT2D eigenvalue weighted by atomic mass is 9.93. The van der Waals surface area contributed by atoms with Crippen LogP contribution in [0.25, 0.3) is 0 Å². The van der Waals surface area contributed by atoms with Crippen LogP contribution in [0.5, 0.6) is 5.75 Å². The van der Waals surface area contributed by atoms with Crippen LogP contribution in [0.15, 0.2) is 12.1 Å². The number of ether oxygens (including phenoxy) is 1. The number of aryl methyl sites for hydroxylation is 2. The lowest BCUT2D eigenvalue weighted by molar-refractivity contribution is -0.139. The Morgan fingerprint density at radius 2 is 1.75 bits per heavy atom. The highest BCUT2D eigenvalue weighted by atomic mass is 16.5. The van der Waals surface area contributed by atoms with Crippen LogP contribution in [0.2, 0.25) is 0 Å². The molecule has 0 aliphatic heterocycles. The first-order valence-electron chi connectivity index (χ1n) is 8.70. The van der Waals surface area contributed by atoms with Crippen LogP contribution >= 0.6 is 0 Å². The van der Waals surface area contributed by atoms with Gasteiger partial charge in [0.2, 0.25) is 0 Å². The number of carboxylic acid groups (broad SMARTS) is 1. The van der Waals surface area contributed by atoms with Crippen molar-refractivity contribution in [3.63, 3.8) is 0 Å².